The van der Waals surface area contributed by atoms with Crippen molar-refractivity contribution in [1.29, 1.82) is 0 Å². The lowest BCUT2D eigenvalue weighted by molar-refractivity contribution is -0.119. The van der Waals surface area contributed by atoms with Crippen LogP contribution in [0.1, 0.15) is 33.1 Å². The second-order valence-corrected chi connectivity index (χ2v) is 6.28. The van der Waals surface area contributed by atoms with Gasteiger partial charge in [-0.3, -0.25) is 4.79 Å². The number of unbranched alkanes of at least 4 members (excludes halogenated alkanes) is 1. The summed E-state index contributed by atoms with van der Waals surface area (Å²) in [6, 6.07) is 3.04. The molecule has 1 aromatic rings. The second kappa shape index (κ2) is 6.81. The molecule has 0 saturated heterocycles. The van der Waals surface area contributed by atoms with Gasteiger partial charge < -0.3 is 5.32 Å². The van der Waals surface area contributed by atoms with Crippen molar-refractivity contribution in [2.45, 2.75) is 38.0 Å². The molecule has 0 aromatic heterocycles. The highest BCUT2D eigenvalue weighted by molar-refractivity contribution is 7.89. The summed E-state index contributed by atoms with van der Waals surface area (Å²) in [5.41, 5.74) is -0.176. The van der Waals surface area contributed by atoms with Gasteiger partial charge in [0.1, 0.15) is 5.82 Å². The second-order valence-electron chi connectivity index (χ2n) is 4.72. The number of hydrogen-bond acceptors (Lipinski definition) is 3. The minimum atomic E-state index is -3.93. The third kappa shape index (κ3) is 4.57. The van der Waals surface area contributed by atoms with Crippen LogP contribution >= 0.6 is 0 Å². The van der Waals surface area contributed by atoms with Crippen LogP contribution in [0.2, 0.25) is 0 Å². The van der Waals surface area contributed by atoms with Crippen molar-refractivity contribution in [1.82, 2.24) is 0 Å². The molecule has 1 aromatic carbocycles. The molecule has 112 valence electrons. The first kappa shape index (κ1) is 16.6. The van der Waals surface area contributed by atoms with Crippen LogP contribution < -0.4 is 10.5 Å². The predicted molar refractivity (Wildman–Crippen MR) is 75.1 cm³/mol. The van der Waals surface area contributed by atoms with E-state index in [0.717, 1.165) is 31.0 Å². The fourth-order valence-corrected chi connectivity index (χ4v) is 2.21. The Kier molecular flexibility index (Phi) is 5.64. The molecule has 0 radical (unpaired) electrons. The molecule has 0 bridgehead atoms. The Morgan fingerprint density at radius 3 is 2.65 bits per heavy atom. The average Bonchev–Trinajstić information content (AvgIpc) is 2.37. The van der Waals surface area contributed by atoms with Crippen LogP contribution in [-0.4, -0.2) is 14.3 Å². The first-order valence-electron chi connectivity index (χ1n) is 6.39. The molecule has 0 aliphatic rings. The molecule has 0 spiro atoms. The van der Waals surface area contributed by atoms with E-state index in [9.17, 15) is 17.6 Å². The minimum Gasteiger partial charge on any atom is -0.323 e. The van der Waals surface area contributed by atoms with Gasteiger partial charge in [0.05, 0.1) is 10.6 Å². The maximum absolute atomic E-state index is 13.6. The van der Waals surface area contributed by atoms with Gasteiger partial charge in [-0.15, -0.1) is 0 Å². The zero-order valence-corrected chi connectivity index (χ0v) is 12.3. The Balaban J connectivity index is 2.89. The van der Waals surface area contributed by atoms with Crippen molar-refractivity contribution in [2.75, 3.05) is 5.32 Å². The first-order valence-corrected chi connectivity index (χ1v) is 7.93. The maximum Gasteiger partial charge on any atom is 0.238 e. The van der Waals surface area contributed by atoms with Crippen LogP contribution in [0.3, 0.4) is 0 Å². The molecule has 0 heterocycles. The molecular formula is C13H19FN2O3S. The lowest BCUT2D eigenvalue weighted by Gasteiger charge is -2.12. The van der Waals surface area contributed by atoms with E-state index in [2.05, 4.69) is 5.32 Å². The Labute approximate surface area is 118 Å². The number of benzene rings is 1. The summed E-state index contributed by atoms with van der Waals surface area (Å²) in [6.07, 6.45) is 2.56. The quantitative estimate of drug-likeness (QED) is 0.844. The summed E-state index contributed by atoms with van der Waals surface area (Å²) in [6.45, 7) is 3.76. The standard InChI is InChI=1S/C13H19FN2O3S/c1-3-4-5-9(2)13(17)16-12-8-10(20(15,18)19)6-7-11(12)14/h6-9H,3-5H2,1-2H3,(H,16,17)(H2,15,18,19). The summed E-state index contributed by atoms with van der Waals surface area (Å²) >= 11 is 0. The summed E-state index contributed by atoms with van der Waals surface area (Å²) in [7, 11) is -3.93. The van der Waals surface area contributed by atoms with Gasteiger partial charge in [-0.1, -0.05) is 26.7 Å². The van der Waals surface area contributed by atoms with Crippen molar-refractivity contribution in [3.05, 3.63) is 24.0 Å². The monoisotopic (exact) mass is 302 g/mol. The van der Waals surface area contributed by atoms with E-state index in [1.54, 1.807) is 6.92 Å². The lowest BCUT2D eigenvalue weighted by atomic mass is 10.0. The molecule has 1 amide bonds. The van der Waals surface area contributed by atoms with Gasteiger partial charge >= 0.3 is 0 Å². The first-order chi connectivity index (χ1) is 9.25. The molecule has 0 aliphatic carbocycles. The Bertz CT molecular complexity index is 587. The van der Waals surface area contributed by atoms with Crippen LogP contribution in [0.15, 0.2) is 23.1 Å². The molecule has 20 heavy (non-hydrogen) atoms. The number of sulfonamides is 1. The molecular weight excluding hydrogens is 283 g/mol. The molecule has 1 atom stereocenters. The van der Waals surface area contributed by atoms with Gasteiger partial charge in [0.2, 0.25) is 15.9 Å². The number of nitrogens with one attached hydrogen (secondary N) is 1. The molecule has 1 unspecified atom stereocenters. The largest absolute Gasteiger partial charge is 0.323 e. The van der Waals surface area contributed by atoms with Gasteiger partial charge in [0, 0.05) is 5.92 Å². The van der Waals surface area contributed by atoms with E-state index in [4.69, 9.17) is 5.14 Å². The van der Waals surface area contributed by atoms with E-state index >= 15 is 0 Å². The zero-order chi connectivity index (χ0) is 15.3. The topological polar surface area (TPSA) is 89.3 Å². The molecule has 0 saturated carbocycles. The molecule has 7 heteroatoms. The molecule has 0 aliphatic heterocycles. The third-order valence-electron chi connectivity index (χ3n) is 2.96. The van der Waals surface area contributed by atoms with E-state index in [0.29, 0.717) is 6.42 Å². The lowest BCUT2D eigenvalue weighted by Crippen LogP contribution is -2.21. The fourth-order valence-electron chi connectivity index (χ4n) is 1.67. The van der Waals surface area contributed by atoms with Crippen molar-refractivity contribution in [3.8, 4) is 0 Å². The van der Waals surface area contributed by atoms with Crippen LogP contribution in [0.5, 0.6) is 0 Å². The van der Waals surface area contributed by atoms with Crippen molar-refractivity contribution < 1.29 is 17.6 Å². The third-order valence-corrected chi connectivity index (χ3v) is 3.87. The highest BCUT2D eigenvalue weighted by Crippen LogP contribution is 2.20. The summed E-state index contributed by atoms with van der Waals surface area (Å²) in [5, 5.41) is 7.37. The number of amides is 1. The summed E-state index contributed by atoms with van der Waals surface area (Å²) in [5.74, 6) is -1.31. The van der Waals surface area contributed by atoms with Gasteiger partial charge in [0.25, 0.3) is 0 Å². The maximum atomic E-state index is 13.6. The summed E-state index contributed by atoms with van der Waals surface area (Å²) in [4.78, 5) is 11.6. The number of rotatable bonds is 6. The Morgan fingerprint density at radius 1 is 1.45 bits per heavy atom. The van der Waals surface area contributed by atoms with Gasteiger partial charge in [-0.25, -0.2) is 17.9 Å². The molecule has 1 rings (SSSR count). The Morgan fingerprint density at radius 2 is 2.10 bits per heavy atom. The normalized spacial score (nSPS) is 13.0. The summed E-state index contributed by atoms with van der Waals surface area (Å²) < 4.78 is 36.0. The van der Waals surface area contributed by atoms with Crippen LogP contribution in [0, 0.1) is 11.7 Å². The Hall–Kier alpha value is -1.47. The van der Waals surface area contributed by atoms with Crippen molar-refractivity contribution in [2.24, 2.45) is 11.1 Å². The molecule has 5 nitrogen and oxygen atoms in total. The van der Waals surface area contributed by atoms with E-state index in [1.165, 1.54) is 0 Å². The number of primary sulfonamides is 1. The number of hydrogen-bond donors (Lipinski definition) is 2. The van der Waals surface area contributed by atoms with E-state index < -0.39 is 15.8 Å². The number of halogens is 1. The van der Waals surface area contributed by atoms with Crippen LogP contribution in [-0.2, 0) is 14.8 Å². The minimum absolute atomic E-state index is 0.176. The molecule has 3 N–H and O–H groups in total. The highest BCUT2D eigenvalue weighted by Gasteiger charge is 2.16. The highest BCUT2D eigenvalue weighted by atomic mass is 32.2. The number of anilines is 1. The van der Waals surface area contributed by atoms with Crippen LogP contribution in [0.25, 0.3) is 0 Å². The number of nitrogens with two attached hydrogens (primary N) is 1. The van der Waals surface area contributed by atoms with Gasteiger partial charge in [0.15, 0.2) is 0 Å². The molecule has 0 fully saturated rings. The fraction of sp³-hybridized carbons (Fsp3) is 0.462. The van der Waals surface area contributed by atoms with Crippen molar-refractivity contribution in [3.63, 3.8) is 0 Å². The van der Waals surface area contributed by atoms with E-state index in [-0.39, 0.29) is 22.4 Å². The van der Waals surface area contributed by atoms with Gasteiger partial charge in [-0.05, 0) is 24.6 Å². The predicted octanol–water partition coefficient (Wildman–Crippen LogP) is 2.24. The van der Waals surface area contributed by atoms with E-state index in [1.807, 2.05) is 6.92 Å². The van der Waals surface area contributed by atoms with Crippen LogP contribution in [0.4, 0.5) is 10.1 Å². The number of carbonyl (C=O) groups excluding carboxylic acids is 1. The number of carbonyl (C=O) groups is 1. The smallest absolute Gasteiger partial charge is 0.238 e. The average molecular weight is 302 g/mol. The zero-order valence-electron chi connectivity index (χ0n) is 11.5. The SMILES string of the molecule is CCCCC(C)C(=O)Nc1cc(S(N)(=O)=O)ccc1F. The van der Waals surface area contributed by atoms with Crippen molar-refractivity contribution >= 4 is 21.6 Å². The van der Waals surface area contributed by atoms with Gasteiger partial charge in [-0.2, -0.15) is 0 Å².